The van der Waals surface area contributed by atoms with Crippen LogP contribution in [0.3, 0.4) is 0 Å². The van der Waals surface area contributed by atoms with E-state index in [0.29, 0.717) is 34.1 Å². The number of amides is 1. The van der Waals surface area contributed by atoms with E-state index >= 15 is 0 Å². The van der Waals surface area contributed by atoms with Crippen molar-refractivity contribution in [2.45, 2.75) is 44.9 Å². The first-order chi connectivity index (χ1) is 12.5. The molecule has 2 aromatic heterocycles. The van der Waals surface area contributed by atoms with E-state index in [4.69, 9.17) is 4.52 Å². The molecule has 0 aromatic carbocycles. The van der Waals surface area contributed by atoms with Crippen molar-refractivity contribution in [1.82, 2.24) is 10.1 Å². The van der Waals surface area contributed by atoms with Crippen molar-refractivity contribution in [2.24, 2.45) is 5.92 Å². The van der Waals surface area contributed by atoms with Crippen molar-refractivity contribution in [3.05, 3.63) is 28.3 Å². The van der Waals surface area contributed by atoms with Gasteiger partial charge >= 0.3 is 0 Å². The first-order valence-electron chi connectivity index (χ1n) is 8.70. The summed E-state index contributed by atoms with van der Waals surface area (Å²) >= 11 is 1.24. The van der Waals surface area contributed by atoms with Crippen LogP contribution in [0.25, 0.3) is 10.6 Å². The Morgan fingerprint density at radius 2 is 1.93 bits per heavy atom. The Balaban J connectivity index is 1.73. The zero-order valence-corrected chi connectivity index (χ0v) is 17.4. The van der Waals surface area contributed by atoms with Crippen LogP contribution in [-0.4, -0.2) is 34.7 Å². The summed E-state index contributed by atoms with van der Waals surface area (Å²) in [5.74, 6) is -0.728. The number of hydrogen-bond donors (Lipinski definition) is 0. The van der Waals surface area contributed by atoms with Crippen molar-refractivity contribution in [2.75, 3.05) is 13.1 Å². The van der Waals surface area contributed by atoms with Gasteiger partial charge in [0.05, 0.1) is 9.75 Å². The average molecular weight is 418 g/mol. The molecule has 1 aliphatic rings. The molecule has 1 aliphatic heterocycles. The Kier molecular flexibility index (Phi) is 5.43. The van der Waals surface area contributed by atoms with E-state index in [-0.39, 0.29) is 24.5 Å². The van der Waals surface area contributed by atoms with Gasteiger partial charge in [0.1, 0.15) is 5.69 Å². The van der Waals surface area contributed by atoms with Crippen molar-refractivity contribution in [3.63, 3.8) is 0 Å². The standard InChI is InChI=1S/C18H22F3N2O2PS/c1-10-14(22-25-15(10)17(2,3)19)12-4-5-13(27-12)16(24)23-8-6-11(7-9-23)18(20,21)26/h4-5,11H,6-9,26H2,1-3H3. The summed E-state index contributed by atoms with van der Waals surface area (Å²) in [7, 11) is 1.60. The zero-order valence-electron chi connectivity index (χ0n) is 15.4. The molecule has 9 heteroatoms. The number of nitrogens with zero attached hydrogens (tertiary/aromatic N) is 2. The Hall–Kier alpha value is -1.40. The summed E-state index contributed by atoms with van der Waals surface area (Å²) < 4.78 is 46.1. The molecule has 0 spiro atoms. The van der Waals surface area contributed by atoms with Crippen LogP contribution in [0.2, 0.25) is 0 Å². The highest BCUT2D eigenvalue weighted by atomic mass is 32.1. The molecule has 1 atom stereocenters. The lowest BCUT2D eigenvalue weighted by atomic mass is 9.97. The third-order valence-electron chi connectivity index (χ3n) is 4.84. The molecule has 0 bridgehead atoms. The first-order valence-corrected chi connectivity index (χ1v) is 10.1. The second-order valence-electron chi connectivity index (χ2n) is 7.36. The molecule has 0 N–H and O–H groups in total. The second-order valence-corrected chi connectivity index (χ2v) is 9.22. The summed E-state index contributed by atoms with van der Waals surface area (Å²) in [6.07, 6.45) is 0.551. The van der Waals surface area contributed by atoms with Crippen LogP contribution in [0.5, 0.6) is 0 Å². The number of carbonyl (C=O) groups excluding carboxylic acids is 1. The van der Waals surface area contributed by atoms with Crippen molar-refractivity contribution in [3.8, 4) is 10.6 Å². The number of piperidine rings is 1. The van der Waals surface area contributed by atoms with Gasteiger partial charge in [0.15, 0.2) is 11.4 Å². The molecule has 2 aromatic rings. The van der Waals surface area contributed by atoms with Crippen molar-refractivity contribution in [1.29, 1.82) is 0 Å². The minimum absolute atomic E-state index is 0.166. The molecule has 0 radical (unpaired) electrons. The number of likely N-dealkylation sites (tertiary alicyclic amines) is 1. The fourth-order valence-electron chi connectivity index (χ4n) is 3.32. The van der Waals surface area contributed by atoms with Gasteiger partial charge in [0, 0.05) is 24.6 Å². The summed E-state index contributed by atoms with van der Waals surface area (Å²) in [4.78, 5) is 15.5. The molecule has 1 unspecified atom stereocenters. The van der Waals surface area contributed by atoms with Crippen LogP contribution in [0, 0.1) is 12.8 Å². The molecular formula is C18H22F3N2O2PS. The number of aromatic nitrogens is 1. The summed E-state index contributed by atoms with van der Waals surface area (Å²) in [6, 6.07) is 3.44. The average Bonchev–Trinajstić information content (AvgIpc) is 3.19. The van der Waals surface area contributed by atoms with Crippen LogP contribution in [0.4, 0.5) is 13.2 Å². The molecule has 0 saturated carbocycles. The van der Waals surface area contributed by atoms with Gasteiger partial charge in [-0.25, -0.2) is 13.2 Å². The van der Waals surface area contributed by atoms with Gasteiger partial charge in [-0.15, -0.1) is 11.3 Å². The lowest BCUT2D eigenvalue weighted by molar-refractivity contribution is 0.00357. The summed E-state index contributed by atoms with van der Waals surface area (Å²) in [5, 5.41) is 3.96. The molecule has 3 rings (SSSR count). The number of halogens is 3. The molecule has 1 amide bonds. The SMILES string of the molecule is Cc1c(-c2ccc(C(=O)N3CCC(C(F)(F)P)CC3)s2)noc1C(C)(C)F. The van der Waals surface area contributed by atoms with Crippen molar-refractivity contribution < 1.29 is 22.5 Å². The molecule has 1 saturated heterocycles. The maximum absolute atomic E-state index is 14.2. The topological polar surface area (TPSA) is 46.3 Å². The van der Waals surface area contributed by atoms with E-state index in [2.05, 4.69) is 5.16 Å². The predicted molar refractivity (Wildman–Crippen MR) is 102 cm³/mol. The third-order valence-corrected chi connectivity index (χ3v) is 6.39. The van der Waals surface area contributed by atoms with Crippen LogP contribution < -0.4 is 0 Å². The van der Waals surface area contributed by atoms with Crippen LogP contribution in [0.15, 0.2) is 16.7 Å². The van der Waals surface area contributed by atoms with Gasteiger partial charge in [-0.05, 0) is 45.7 Å². The lowest BCUT2D eigenvalue weighted by Gasteiger charge is -2.34. The zero-order chi connectivity index (χ0) is 20.0. The van der Waals surface area contributed by atoms with Crippen LogP contribution >= 0.6 is 20.6 Å². The number of carbonyl (C=O) groups is 1. The van der Waals surface area contributed by atoms with Gasteiger partial charge in [-0.1, -0.05) is 14.4 Å². The molecule has 0 aliphatic carbocycles. The van der Waals surface area contributed by atoms with E-state index in [9.17, 15) is 18.0 Å². The monoisotopic (exact) mass is 418 g/mol. The molecular weight excluding hydrogens is 396 g/mol. The van der Waals surface area contributed by atoms with Gasteiger partial charge in [-0.2, -0.15) is 0 Å². The first kappa shape index (κ1) is 20.3. The third kappa shape index (κ3) is 4.21. The minimum Gasteiger partial charge on any atom is -0.357 e. The largest absolute Gasteiger partial charge is 0.357 e. The lowest BCUT2D eigenvalue weighted by Crippen LogP contribution is -2.41. The fraction of sp³-hybridized carbons (Fsp3) is 0.556. The highest BCUT2D eigenvalue weighted by molar-refractivity contribution is 7.18. The maximum Gasteiger partial charge on any atom is 0.263 e. The molecule has 1 fully saturated rings. The van der Waals surface area contributed by atoms with Gasteiger partial charge in [-0.3, -0.25) is 4.79 Å². The second kappa shape index (κ2) is 7.21. The molecule has 4 nitrogen and oxygen atoms in total. The van der Waals surface area contributed by atoms with E-state index < -0.39 is 17.3 Å². The van der Waals surface area contributed by atoms with Gasteiger partial charge in [0.2, 0.25) is 0 Å². The Bertz CT molecular complexity index is 831. The molecule has 148 valence electrons. The molecule has 27 heavy (non-hydrogen) atoms. The predicted octanol–water partition coefficient (Wildman–Crippen LogP) is 5.24. The number of hydrogen-bond acceptors (Lipinski definition) is 4. The Morgan fingerprint density at radius 1 is 1.30 bits per heavy atom. The summed E-state index contributed by atoms with van der Waals surface area (Å²) in [6.45, 7) is 5.15. The Labute approximate surface area is 162 Å². The van der Waals surface area contributed by atoms with Gasteiger partial charge < -0.3 is 9.42 Å². The van der Waals surface area contributed by atoms with Crippen molar-refractivity contribution >= 4 is 26.5 Å². The number of alkyl halides is 3. The van der Waals surface area contributed by atoms with Crippen LogP contribution in [-0.2, 0) is 5.67 Å². The van der Waals surface area contributed by atoms with E-state index in [1.807, 2.05) is 0 Å². The van der Waals surface area contributed by atoms with E-state index in [1.165, 1.54) is 25.2 Å². The Morgan fingerprint density at radius 3 is 2.44 bits per heavy atom. The maximum atomic E-state index is 14.2. The minimum atomic E-state index is -2.79. The van der Waals surface area contributed by atoms with Gasteiger partial charge in [0.25, 0.3) is 11.6 Å². The highest BCUT2D eigenvalue weighted by Crippen LogP contribution is 2.39. The van der Waals surface area contributed by atoms with Crippen LogP contribution in [0.1, 0.15) is 47.7 Å². The van der Waals surface area contributed by atoms with E-state index in [0.717, 1.165) is 0 Å². The smallest absolute Gasteiger partial charge is 0.263 e. The quantitative estimate of drug-likeness (QED) is 0.639. The van der Waals surface area contributed by atoms with E-state index in [1.54, 1.807) is 33.2 Å². The molecule has 3 heterocycles. The normalized spacial score (nSPS) is 16.8. The number of rotatable bonds is 4. The highest BCUT2D eigenvalue weighted by Gasteiger charge is 2.38. The number of thiophene rings is 1. The fourth-order valence-corrected chi connectivity index (χ4v) is 4.67. The summed E-state index contributed by atoms with van der Waals surface area (Å²) in [5.41, 5.74) is -3.32.